The van der Waals surface area contributed by atoms with Crippen LogP contribution in [0.25, 0.3) is 10.8 Å². The van der Waals surface area contributed by atoms with Crippen molar-refractivity contribution in [2.24, 2.45) is 0 Å². The highest BCUT2D eigenvalue weighted by Crippen LogP contribution is 2.02. The second-order valence-electron chi connectivity index (χ2n) is 4.65. The van der Waals surface area contributed by atoms with Crippen LogP contribution < -0.4 is 21.8 Å². The quantitative estimate of drug-likeness (QED) is 0.643. The summed E-state index contributed by atoms with van der Waals surface area (Å²) >= 11 is 0. The fourth-order valence-corrected chi connectivity index (χ4v) is 2.03. The lowest BCUT2D eigenvalue weighted by Gasteiger charge is -2.08. The summed E-state index contributed by atoms with van der Waals surface area (Å²) in [6.07, 6.45) is 0.137. The van der Waals surface area contributed by atoms with Crippen LogP contribution in [0.2, 0.25) is 0 Å². The first-order chi connectivity index (χ1) is 10.1. The molecule has 0 radical (unpaired) electrons. The number of amides is 1. The summed E-state index contributed by atoms with van der Waals surface area (Å²) in [6.45, 7) is 1.35. The van der Waals surface area contributed by atoms with E-state index in [2.05, 4.69) is 15.7 Å². The number of aromatic amines is 1. The van der Waals surface area contributed by atoms with E-state index in [9.17, 15) is 14.4 Å². The van der Waals surface area contributed by atoms with Crippen LogP contribution in [0, 0.1) is 0 Å². The maximum atomic E-state index is 12.2. The van der Waals surface area contributed by atoms with E-state index in [0.29, 0.717) is 23.9 Å². The fourth-order valence-electron chi connectivity index (χ4n) is 2.03. The van der Waals surface area contributed by atoms with Gasteiger partial charge in [0.2, 0.25) is 5.91 Å². The van der Waals surface area contributed by atoms with Gasteiger partial charge in [-0.25, -0.2) is 4.68 Å². The Hall–Kier alpha value is -2.12. The number of carbonyl (C=O) groups is 1. The van der Waals surface area contributed by atoms with Crippen LogP contribution >= 0.6 is 12.4 Å². The fraction of sp³-hybridized carbons (Fsp3) is 0.357. The average Bonchev–Trinajstić information content (AvgIpc) is 2.50. The summed E-state index contributed by atoms with van der Waals surface area (Å²) in [5.74, 6) is -0.161. The van der Waals surface area contributed by atoms with E-state index in [1.165, 1.54) is 4.68 Å². The van der Waals surface area contributed by atoms with Gasteiger partial charge in [0, 0.05) is 19.5 Å². The molecule has 0 aliphatic heterocycles. The van der Waals surface area contributed by atoms with Crippen molar-refractivity contribution in [1.29, 1.82) is 0 Å². The van der Waals surface area contributed by atoms with Gasteiger partial charge < -0.3 is 10.6 Å². The molecule has 0 spiro atoms. The molecule has 1 heterocycles. The largest absolute Gasteiger partial charge is 0.355 e. The van der Waals surface area contributed by atoms with Gasteiger partial charge >= 0.3 is 0 Å². The summed E-state index contributed by atoms with van der Waals surface area (Å²) in [5.41, 5.74) is -0.631. The van der Waals surface area contributed by atoms with Crippen molar-refractivity contribution in [3.05, 3.63) is 45.0 Å². The molecule has 0 aliphatic carbocycles. The van der Waals surface area contributed by atoms with Gasteiger partial charge in [0.25, 0.3) is 11.1 Å². The minimum Gasteiger partial charge on any atom is -0.355 e. The molecule has 7 nitrogen and oxygen atoms in total. The molecule has 120 valence electrons. The molecule has 0 aliphatic rings. The molecule has 0 atom stereocenters. The molecule has 0 saturated carbocycles. The number of fused-ring (bicyclic) bond motifs is 1. The normalized spacial score (nSPS) is 10.2. The van der Waals surface area contributed by atoms with Gasteiger partial charge in [-0.3, -0.25) is 19.5 Å². The van der Waals surface area contributed by atoms with Gasteiger partial charge in [0.1, 0.15) is 0 Å². The monoisotopic (exact) mass is 326 g/mol. The van der Waals surface area contributed by atoms with Gasteiger partial charge in [-0.05, 0) is 19.2 Å². The second kappa shape index (κ2) is 8.35. The standard InChI is InChI=1S/C14H18N4O3.ClH/c1-15-7-8-16-12(19)6-9-18-14(21)11-5-3-2-4-10(11)13(20)17-18;/h2-5,15H,6-9H2,1H3,(H,16,19)(H,17,20);1H. The molecule has 22 heavy (non-hydrogen) atoms. The second-order valence-corrected chi connectivity index (χ2v) is 4.65. The first-order valence-corrected chi connectivity index (χ1v) is 6.76. The number of likely N-dealkylation sites (N-methyl/N-ethyl adjacent to an activating group) is 1. The number of carbonyl (C=O) groups excluding carboxylic acids is 1. The number of rotatable bonds is 6. The number of aryl methyl sites for hydroxylation is 1. The smallest absolute Gasteiger partial charge is 0.273 e. The predicted molar refractivity (Wildman–Crippen MR) is 87.6 cm³/mol. The molecule has 2 aromatic rings. The number of hydrogen-bond acceptors (Lipinski definition) is 4. The van der Waals surface area contributed by atoms with Crippen LogP contribution in [0.4, 0.5) is 0 Å². The highest BCUT2D eigenvalue weighted by molar-refractivity contribution is 5.85. The number of aromatic nitrogens is 2. The summed E-state index contributed by atoms with van der Waals surface area (Å²) in [4.78, 5) is 35.7. The van der Waals surface area contributed by atoms with Gasteiger partial charge in [0.15, 0.2) is 0 Å². The third-order valence-corrected chi connectivity index (χ3v) is 3.14. The zero-order valence-corrected chi connectivity index (χ0v) is 13.0. The molecule has 0 unspecified atom stereocenters. The highest BCUT2D eigenvalue weighted by Gasteiger charge is 2.08. The summed E-state index contributed by atoms with van der Waals surface area (Å²) in [5, 5.41) is 8.85. The number of benzene rings is 1. The van der Waals surface area contributed by atoms with Gasteiger partial charge in [-0.15, -0.1) is 12.4 Å². The van der Waals surface area contributed by atoms with Crippen molar-refractivity contribution in [2.45, 2.75) is 13.0 Å². The van der Waals surface area contributed by atoms with E-state index in [1.807, 2.05) is 0 Å². The Morgan fingerprint density at radius 3 is 2.55 bits per heavy atom. The first kappa shape index (κ1) is 17.9. The van der Waals surface area contributed by atoms with Crippen molar-refractivity contribution in [3.63, 3.8) is 0 Å². The van der Waals surface area contributed by atoms with Crippen LogP contribution in [0.1, 0.15) is 6.42 Å². The van der Waals surface area contributed by atoms with Crippen molar-refractivity contribution in [2.75, 3.05) is 20.1 Å². The number of nitrogens with one attached hydrogen (secondary N) is 3. The lowest BCUT2D eigenvalue weighted by Crippen LogP contribution is -2.34. The highest BCUT2D eigenvalue weighted by atomic mass is 35.5. The molecule has 0 saturated heterocycles. The van der Waals surface area contributed by atoms with Crippen molar-refractivity contribution in [1.82, 2.24) is 20.4 Å². The van der Waals surface area contributed by atoms with E-state index in [-0.39, 0.29) is 42.4 Å². The maximum Gasteiger partial charge on any atom is 0.273 e. The molecule has 0 fully saturated rings. The van der Waals surface area contributed by atoms with Crippen LogP contribution in [0.3, 0.4) is 0 Å². The molecule has 0 bridgehead atoms. The zero-order chi connectivity index (χ0) is 15.2. The van der Waals surface area contributed by atoms with E-state index in [1.54, 1.807) is 31.3 Å². The van der Waals surface area contributed by atoms with E-state index in [4.69, 9.17) is 0 Å². The third-order valence-electron chi connectivity index (χ3n) is 3.14. The Morgan fingerprint density at radius 2 is 1.86 bits per heavy atom. The number of nitrogens with zero attached hydrogens (tertiary/aromatic N) is 1. The zero-order valence-electron chi connectivity index (χ0n) is 12.2. The molecule has 1 amide bonds. The minimum absolute atomic E-state index is 0. The molecule has 3 N–H and O–H groups in total. The third kappa shape index (κ3) is 4.19. The average molecular weight is 327 g/mol. The molecule has 2 rings (SSSR count). The Morgan fingerprint density at radius 1 is 1.18 bits per heavy atom. The van der Waals surface area contributed by atoms with Crippen LogP contribution in [0.5, 0.6) is 0 Å². The van der Waals surface area contributed by atoms with Crippen LogP contribution in [-0.4, -0.2) is 35.8 Å². The molecule has 1 aromatic carbocycles. The first-order valence-electron chi connectivity index (χ1n) is 6.76. The van der Waals surface area contributed by atoms with Gasteiger partial charge in [0.05, 0.1) is 17.3 Å². The predicted octanol–water partition coefficient (Wildman–Crippen LogP) is -0.163. The lowest BCUT2D eigenvalue weighted by atomic mass is 10.2. The van der Waals surface area contributed by atoms with Crippen molar-refractivity contribution >= 4 is 29.1 Å². The number of halogens is 1. The summed E-state index contributed by atoms with van der Waals surface area (Å²) in [6, 6.07) is 6.62. The van der Waals surface area contributed by atoms with Crippen molar-refractivity contribution < 1.29 is 4.79 Å². The SMILES string of the molecule is CNCCNC(=O)CCn1[nH]c(=O)c2ccccc2c1=O.Cl. The Kier molecular flexibility index (Phi) is 6.81. The molecular weight excluding hydrogens is 308 g/mol. The minimum atomic E-state index is -0.333. The topological polar surface area (TPSA) is 96.0 Å². The van der Waals surface area contributed by atoms with Gasteiger partial charge in [-0.2, -0.15) is 0 Å². The molecule has 8 heteroatoms. The number of H-pyrrole nitrogens is 1. The van der Waals surface area contributed by atoms with Crippen LogP contribution in [0.15, 0.2) is 33.9 Å². The molecule has 1 aromatic heterocycles. The Bertz CT molecular complexity index is 754. The van der Waals surface area contributed by atoms with Crippen molar-refractivity contribution in [3.8, 4) is 0 Å². The van der Waals surface area contributed by atoms with E-state index >= 15 is 0 Å². The van der Waals surface area contributed by atoms with E-state index < -0.39 is 0 Å². The lowest BCUT2D eigenvalue weighted by molar-refractivity contribution is -0.121. The van der Waals surface area contributed by atoms with Gasteiger partial charge in [-0.1, -0.05) is 12.1 Å². The summed E-state index contributed by atoms with van der Waals surface area (Å²) in [7, 11) is 1.80. The maximum absolute atomic E-state index is 12.2. The number of hydrogen-bond donors (Lipinski definition) is 3. The Balaban J connectivity index is 0.00000242. The van der Waals surface area contributed by atoms with E-state index in [0.717, 1.165) is 0 Å². The summed E-state index contributed by atoms with van der Waals surface area (Å²) < 4.78 is 1.18. The molecular formula is C14H19ClN4O3. The Labute approximate surface area is 133 Å². The van der Waals surface area contributed by atoms with Crippen LogP contribution in [-0.2, 0) is 11.3 Å².